The Labute approximate surface area is 166 Å². The smallest absolute Gasteiger partial charge is 0.180 e. The van der Waals surface area contributed by atoms with E-state index in [0.717, 1.165) is 47.2 Å². The summed E-state index contributed by atoms with van der Waals surface area (Å²) in [6, 6.07) is 11.8. The van der Waals surface area contributed by atoms with Gasteiger partial charge in [0.1, 0.15) is 11.5 Å². The number of aryl methyl sites for hydroxylation is 1. The van der Waals surface area contributed by atoms with Gasteiger partial charge in [-0.2, -0.15) is 0 Å². The summed E-state index contributed by atoms with van der Waals surface area (Å²) in [5.74, 6) is 3.06. The number of methoxy groups -OCH3 is 2. The third-order valence-corrected chi connectivity index (χ3v) is 4.80. The highest BCUT2D eigenvalue weighted by atomic mass is 16.5. The zero-order chi connectivity index (χ0) is 20.1. The standard InChI is InChI=1S/C22H26N4O2/c1-15-16(2)24-21(18-8-6-7-12-23-18)25-22(15)26(3)13-11-17-9-10-19(27-4)20(14-17)28-5/h6-10,12,14H,11,13H2,1-5H3. The lowest BCUT2D eigenvalue weighted by atomic mass is 10.1. The quantitative estimate of drug-likeness (QED) is 0.622. The van der Waals surface area contributed by atoms with E-state index in [9.17, 15) is 0 Å². The van der Waals surface area contributed by atoms with Gasteiger partial charge >= 0.3 is 0 Å². The maximum atomic E-state index is 5.40. The molecule has 0 amide bonds. The number of aromatic nitrogens is 3. The van der Waals surface area contributed by atoms with Gasteiger partial charge in [-0.3, -0.25) is 4.98 Å². The molecule has 0 N–H and O–H groups in total. The van der Waals surface area contributed by atoms with Crippen LogP contribution in [0.1, 0.15) is 16.8 Å². The maximum absolute atomic E-state index is 5.40. The summed E-state index contributed by atoms with van der Waals surface area (Å²) in [6.45, 7) is 4.88. The van der Waals surface area contributed by atoms with Crippen molar-refractivity contribution in [2.24, 2.45) is 0 Å². The van der Waals surface area contributed by atoms with Crippen LogP contribution >= 0.6 is 0 Å². The molecule has 6 heteroatoms. The summed E-state index contributed by atoms with van der Waals surface area (Å²) in [5, 5.41) is 0. The van der Waals surface area contributed by atoms with Crippen LogP contribution < -0.4 is 14.4 Å². The number of benzene rings is 1. The number of hydrogen-bond donors (Lipinski definition) is 0. The fraction of sp³-hybridized carbons (Fsp3) is 0.318. The monoisotopic (exact) mass is 378 g/mol. The number of likely N-dealkylation sites (N-methyl/N-ethyl adjacent to an activating group) is 1. The number of anilines is 1. The van der Waals surface area contributed by atoms with Gasteiger partial charge in [-0.25, -0.2) is 9.97 Å². The van der Waals surface area contributed by atoms with Crippen molar-refractivity contribution in [3.05, 3.63) is 59.4 Å². The van der Waals surface area contributed by atoms with Crippen molar-refractivity contribution < 1.29 is 9.47 Å². The van der Waals surface area contributed by atoms with Gasteiger partial charge < -0.3 is 14.4 Å². The van der Waals surface area contributed by atoms with Crippen molar-refractivity contribution >= 4 is 5.82 Å². The highest BCUT2D eigenvalue weighted by Crippen LogP contribution is 2.28. The molecule has 6 nitrogen and oxygen atoms in total. The molecule has 0 bridgehead atoms. The lowest BCUT2D eigenvalue weighted by molar-refractivity contribution is 0.354. The van der Waals surface area contributed by atoms with Crippen LogP contribution in [0.4, 0.5) is 5.82 Å². The normalized spacial score (nSPS) is 10.6. The molecule has 0 saturated heterocycles. The van der Waals surface area contributed by atoms with E-state index in [-0.39, 0.29) is 0 Å². The van der Waals surface area contributed by atoms with E-state index < -0.39 is 0 Å². The number of rotatable bonds is 7. The molecule has 0 fully saturated rings. The molecule has 28 heavy (non-hydrogen) atoms. The maximum Gasteiger partial charge on any atom is 0.180 e. The van der Waals surface area contributed by atoms with Gasteiger partial charge in [-0.1, -0.05) is 12.1 Å². The van der Waals surface area contributed by atoms with Gasteiger partial charge in [-0.15, -0.1) is 0 Å². The molecule has 0 spiro atoms. The lowest BCUT2D eigenvalue weighted by Gasteiger charge is -2.22. The van der Waals surface area contributed by atoms with E-state index in [4.69, 9.17) is 14.5 Å². The van der Waals surface area contributed by atoms with Crippen molar-refractivity contribution in [2.75, 3.05) is 32.7 Å². The number of pyridine rings is 1. The zero-order valence-electron chi connectivity index (χ0n) is 17.1. The molecule has 0 aliphatic rings. The summed E-state index contributed by atoms with van der Waals surface area (Å²) < 4.78 is 10.7. The van der Waals surface area contributed by atoms with E-state index in [0.29, 0.717) is 5.82 Å². The summed E-state index contributed by atoms with van der Waals surface area (Å²) in [4.78, 5) is 15.9. The molecule has 0 unspecified atom stereocenters. The second kappa shape index (κ2) is 8.69. The first-order chi connectivity index (χ1) is 13.5. The SMILES string of the molecule is COc1ccc(CCN(C)c2nc(-c3ccccn3)nc(C)c2C)cc1OC. The molecule has 2 heterocycles. The molecular formula is C22H26N4O2. The zero-order valence-corrected chi connectivity index (χ0v) is 17.1. The Balaban J connectivity index is 1.81. The first-order valence-corrected chi connectivity index (χ1v) is 9.22. The molecule has 146 valence electrons. The Kier molecular flexibility index (Phi) is 6.09. The van der Waals surface area contributed by atoms with Gasteiger partial charge in [0.2, 0.25) is 0 Å². The lowest BCUT2D eigenvalue weighted by Crippen LogP contribution is -2.23. The molecule has 0 radical (unpaired) electrons. The second-order valence-electron chi connectivity index (χ2n) is 6.66. The third kappa shape index (κ3) is 4.22. The predicted molar refractivity (Wildman–Crippen MR) is 111 cm³/mol. The van der Waals surface area contributed by atoms with E-state index in [1.807, 2.05) is 37.3 Å². The van der Waals surface area contributed by atoms with Crippen molar-refractivity contribution in [1.29, 1.82) is 0 Å². The van der Waals surface area contributed by atoms with Gasteiger partial charge in [0.05, 0.1) is 14.2 Å². The van der Waals surface area contributed by atoms with Crippen LogP contribution in [0.5, 0.6) is 11.5 Å². The minimum absolute atomic E-state index is 0.650. The fourth-order valence-corrected chi connectivity index (χ4v) is 3.03. The molecule has 3 aromatic rings. The number of ether oxygens (including phenoxy) is 2. The predicted octanol–water partition coefficient (Wildman–Crippen LogP) is 3.85. The van der Waals surface area contributed by atoms with Crippen molar-refractivity contribution in [1.82, 2.24) is 15.0 Å². The molecule has 2 aromatic heterocycles. The molecule has 0 aliphatic heterocycles. The van der Waals surface area contributed by atoms with Gasteiger partial charge in [0.15, 0.2) is 17.3 Å². The van der Waals surface area contributed by atoms with Crippen LogP contribution in [-0.2, 0) is 6.42 Å². The molecule has 0 atom stereocenters. The Bertz CT molecular complexity index is 945. The van der Waals surface area contributed by atoms with Crippen molar-refractivity contribution in [2.45, 2.75) is 20.3 Å². The molecule has 3 rings (SSSR count). The number of nitrogens with zero attached hydrogens (tertiary/aromatic N) is 4. The topological polar surface area (TPSA) is 60.4 Å². The van der Waals surface area contributed by atoms with Crippen LogP contribution in [0, 0.1) is 13.8 Å². The van der Waals surface area contributed by atoms with Crippen LogP contribution in [0.15, 0.2) is 42.6 Å². The minimum atomic E-state index is 0.650. The van der Waals surface area contributed by atoms with Gasteiger partial charge in [0, 0.05) is 31.0 Å². The average Bonchev–Trinajstić information content (AvgIpc) is 2.74. The van der Waals surface area contributed by atoms with Crippen LogP contribution in [0.3, 0.4) is 0 Å². The largest absolute Gasteiger partial charge is 0.493 e. The van der Waals surface area contributed by atoms with Crippen LogP contribution in [-0.4, -0.2) is 42.8 Å². The van der Waals surface area contributed by atoms with Gasteiger partial charge in [-0.05, 0) is 50.1 Å². The minimum Gasteiger partial charge on any atom is -0.493 e. The summed E-state index contributed by atoms with van der Waals surface area (Å²) >= 11 is 0. The Hall–Kier alpha value is -3.15. The molecule has 0 saturated carbocycles. The fourth-order valence-electron chi connectivity index (χ4n) is 3.03. The van der Waals surface area contributed by atoms with E-state index in [2.05, 4.69) is 34.9 Å². The highest BCUT2D eigenvalue weighted by molar-refractivity contribution is 5.57. The summed E-state index contributed by atoms with van der Waals surface area (Å²) in [7, 11) is 5.35. The molecular weight excluding hydrogens is 352 g/mol. The van der Waals surface area contributed by atoms with E-state index in [1.165, 1.54) is 5.56 Å². The van der Waals surface area contributed by atoms with Crippen molar-refractivity contribution in [3.63, 3.8) is 0 Å². The first kappa shape index (κ1) is 19.6. The average molecular weight is 378 g/mol. The first-order valence-electron chi connectivity index (χ1n) is 9.22. The Morgan fingerprint density at radius 3 is 2.43 bits per heavy atom. The van der Waals surface area contributed by atoms with Crippen molar-refractivity contribution in [3.8, 4) is 23.0 Å². The number of hydrogen-bond acceptors (Lipinski definition) is 6. The van der Waals surface area contributed by atoms with E-state index >= 15 is 0 Å². The summed E-state index contributed by atoms with van der Waals surface area (Å²) in [5.41, 5.74) is 4.00. The second-order valence-corrected chi connectivity index (χ2v) is 6.66. The Morgan fingerprint density at radius 2 is 1.75 bits per heavy atom. The van der Waals surface area contributed by atoms with Crippen LogP contribution in [0.25, 0.3) is 11.5 Å². The summed E-state index contributed by atoms with van der Waals surface area (Å²) in [6.07, 6.45) is 2.62. The van der Waals surface area contributed by atoms with E-state index in [1.54, 1.807) is 20.4 Å². The van der Waals surface area contributed by atoms with Crippen LogP contribution in [0.2, 0.25) is 0 Å². The highest BCUT2D eigenvalue weighted by Gasteiger charge is 2.14. The van der Waals surface area contributed by atoms with Gasteiger partial charge in [0.25, 0.3) is 0 Å². The molecule has 1 aromatic carbocycles. The third-order valence-electron chi connectivity index (χ3n) is 4.80. The Morgan fingerprint density at radius 1 is 0.964 bits per heavy atom. The molecule has 0 aliphatic carbocycles.